The number of aryl methyl sites for hydroxylation is 1. The van der Waals surface area contributed by atoms with Crippen LogP contribution in [-0.4, -0.2) is 27.5 Å². The summed E-state index contributed by atoms with van der Waals surface area (Å²) in [4.78, 5) is 12.6. The average Bonchev–Trinajstić information content (AvgIpc) is 2.57. The molecule has 0 saturated carbocycles. The molecule has 0 spiro atoms. The highest BCUT2D eigenvalue weighted by atomic mass is 32.2. The quantitative estimate of drug-likeness (QED) is 0.793. The topological polar surface area (TPSA) is 84.5 Å². The Labute approximate surface area is 148 Å². The largest absolute Gasteiger partial charge is 0.492 e. The highest BCUT2D eigenvalue weighted by Crippen LogP contribution is 2.26. The number of benzene rings is 2. The molecule has 2 rings (SSSR count). The van der Waals surface area contributed by atoms with Crippen LogP contribution in [0.4, 0.5) is 5.69 Å². The van der Waals surface area contributed by atoms with Gasteiger partial charge in [-0.3, -0.25) is 4.79 Å². The van der Waals surface area contributed by atoms with Gasteiger partial charge in [0.25, 0.3) is 5.91 Å². The summed E-state index contributed by atoms with van der Waals surface area (Å²) < 4.78 is 32.1. The fraction of sp³-hybridized carbons (Fsp3) is 0.278. The first kappa shape index (κ1) is 19.0. The van der Waals surface area contributed by atoms with Crippen LogP contribution in [0.15, 0.2) is 47.4 Å². The molecule has 0 unspecified atom stereocenters. The highest BCUT2D eigenvalue weighted by molar-refractivity contribution is 7.89. The number of anilines is 1. The molecule has 0 aliphatic rings. The molecule has 0 aromatic heterocycles. The predicted molar refractivity (Wildman–Crippen MR) is 97.6 cm³/mol. The van der Waals surface area contributed by atoms with E-state index in [2.05, 4.69) is 10.0 Å². The Balaban J connectivity index is 2.28. The minimum atomic E-state index is -3.62. The van der Waals surface area contributed by atoms with Crippen LogP contribution in [-0.2, 0) is 10.0 Å². The molecule has 7 heteroatoms. The van der Waals surface area contributed by atoms with Gasteiger partial charge in [0.1, 0.15) is 5.75 Å². The lowest BCUT2D eigenvalue weighted by Crippen LogP contribution is -2.23. The maximum atomic E-state index is 12.5. The Kier molecular flexibility index (Phi) is 6.17. The van der Waals surface area contributed by atoms with Gasteiger partial charge >= 0.3 is 0 Å². The fourth-order valence-electron chi connectivity index (χ4n) is 2.28. The second-order valence-corrected chi connectivity index (χ2v) is 7.18. The van der Waals surface area contributed by atoms with E-state index in [9.17, 15) is 13.2 Å². The number of ether oxygens (including phenoxy) is 1. The normalized spacial score (nSPS) is 11.2. The van der Waals surface area contributed by atoms with Crippen molar-refractivity contribution in [2.75, 3.05) is 18.5 Å². The number of carbonyl (C=O) groups is 1. The fourth-order valence-corrected chi connectivity index (χ4v) is 3.37. The summed E-state index contributed by atoms with van der Waals surface area (Å²) in [7, 11) is -3.62. The zero-order chi connectivity index (χ0) is 18.4. The SMILES string of the molecule is CCNS(=O)(=O)c1cccc(C(=O)Nc2ccc(C)cc2OCC)c1. The summed E-state index contributed by atoms with van der Waals surface area (Å²) in [5.74, 6) is 0.172. The number of sulfonamides is 1. The number of hydrogen-bond acceptors (Lipinski definition) is 4. The first-order chi connectivity index (χ1) is 11.9. The molecular weight excluding hydrogens is 340 g/mol. The van der Waals surface area contributed by atoms with E-state index < -0.39 is 15.9 Å². The van der Waals surface area contributed by atoms with Gasteiger partial charge in [0.15, 0.2) is 0 Å². The van der Waals surface area contributed by atoms with Crippen LogP contribution >= 0.6 is 0 Å². The van der Waals surface area contributed by atoms with Crippen molar-refractivity contribution >= 4 is 21.6 Å². The Morgan fingerprint density at radius 3 is 2.56 bits per heavy atom. The number of rotatable bonds is 7. The first-order valence-electron chi connectivity index (χ1n) is 8.02. The molecule has 2 N–H and O–H groups in total. The summed E-state index contributed by atoms with van der Waals surface area (Å²) in [6.07, 6.45) is 0. The minimum Gasteiger partial charge on any atom is -0.492 e. The molecule has 6 nitrogen and oxygen atoms in total. The van der Waals surface area contributed by atoms with Crippen LogP contribution in [0.25, 0.3) is 0 Å². The molecule has 0 bridgehead atoms. The molecule has 0 saturated heterocycles. The van der Waals surface area contributed by atoms with Gasteiger partial charge in [0.05, 0.1) is 17.2 Å². The van der Waals surface area contributed by atoms with Crippen LogP contribution in [0.2, 0.25) is 0 Å². The maximum absolute atomic E-state index is 12.5. The van der Waals surface area contributed by atoms with E-state index in [1.165, 1.54) is 18.2 Å². The summed E-state index contributed by atoms with van der Waals surface area (Å²) in [6, 6.07) is 11.4. The summed E-state index contributed by atoms with van der Waals surface area (Å²) >= 11 is 0. The molecule has 1 amide bonds. The van der Waals surface area contributed by atoms with Gasteiger partial charge in [-0.15, -0.1) is 0 Å². The van der Waals surface area contributed by atoms with Gasteiger partial charge in [0.2, 0.25) is 10.0 Å². The molecule has 134 valence electrons. The smallest absolute Gasteiger partial charge is 0.255 e. The third kappa shape index (κ3) is 4.80. The van der Waals surface area contributed by atoms with Gasteiger partial charge in [-0.2, -0.15) is 0 Å². The van der Waals surface area contributed by atoms with E-state index in [-0.39, 0.29) is 17.0 Å². The van der Waals surface area contributed by atoms with E-state index in [0.717, 1.165) is 5.56 Å². The Hall–Kier alpha value is -2.38. The van der Waals surface area contributed by atoms with Crippen molar-refractivity contribution in [3.63, 3.8) is 0 Å². The first-order valence-corrected chi connectivity index (χ1v) is 9.50. The van der Waals surface area contributed by atoms with Crippen LogP contribution < -0.4 is 14.8 Å². The lowest BCUT2D eigenvalue weighted by molar-refractivity contribution is 0.102. The minimum absolute atomic E-state index is 0.0518. The molecule has 0 aliphatic carbocycles. The van der Waals surface area contributed by atoms with Crippen molar-refractivity contribution in [2.24, 2.45) is 0 Å². The Morgan fingerprint density at radius 1 is 1.12 bits per heavy atom. The van der Waals surface area contributed by atoms with Crippen molar-refractivity contribution in [3.8, 4) is 5.75 Å². The third-order valence-electron chi connectivity index (χ3n) is 3.43. The van der Waals surface area contributed by atoms with Gasteiger partial charge in [0, 0.05) is 12.1 Å². The lowest BCUT2D eigenvalue weighted by Gasteiger charge is -2.13. The van der Waals surface area contributed by atoms with Crippen molar-refractivity contribution in [1.82, 2.24) is 4.72 Å². The monoisotopic (exact) mass is 362 g/mol. The van der Waals surface area contributed by atoms with E-state index in [1.807, 2.05) is 26.0 Å². The molecule has 0 atom stereocenters. The summed E-state index contributed by atoms with van der Waals surface area (Å²) in [5.41, 5.74) is 1.81. The zero-order valence-corrected chi connectivity index (χ0v) is 15.3. The third-order valence-corrected chi connectivity index (χ3v) is 4.97. The zero-order valence-electron chi connectivity index (χ0n) is 14.5. The van der Waals surface area contributed by atoms with Crippen LogP contribution in [0.3, 0.4) is 0 Å². The van der Waals surface area contributed by atoms with E-state index in [4.69, 9.17) is 4.74 Å². The predicted octanol–water partition coefficient (Wildman–Crippen LogP) is 2.94. The van der Waals surface area contributed by atoms with Gasteiger partial charge < -0.3 is 10.1 Å². The van der Waals surface area contributed by atoms with Crippen molar-refractivity contribution < 1.29 is 17.9 Å². The summed E-state index contributed by atoms with van der Waals surface area (Å²) in [5, 5.41) is 2.77. The van der Waals surface area contributed by atoms with Crippen LogP contribution in [0.1, 0.15) is 29.8 Å². The molecule has 0 heterocycles. The van der Waals surface area contributed by atoms with Gasteiger partial charge in [-0.25, -0.2) is 13.1 Å². The van der Waals surface area contributed by atoms with E-state index in [0.29, 0.717) is 18.0 Å². The second kappa shape index (κ2) is 8.13. The van der Waals surface area contributed by atoms with E-state index >= 15 is 0 Å². The van der Waals surface area contributed by atoms with Crippen molar-refractivity contribution in [1.29, 1.82) is 0 Å². The molecule has 2 aromatic rings. The second-order valence-electron chi connectivity index (χ2n) is 5.42. The maximum Gasteiger partial charge on any atom is 0.255 e. The Bertz CT molecular complexity index is 863. The number of hydrogen-bond donors (Lipinski definition) is 2. The molecule has 0 fully saturated rings. The van der Waals surface area contributed by atoms with Crippen LogP contribution in [0, 0.1) is 6.92 Å². The Morgan fingerprint density at radius 2 is 1.88 bits per heavy atom. The van der Waals surface area contributed by atoms with Gasteiger partial charge in [-0.1, -0.05) is 19.1 Å². The number of amides is 1. The van der Waals surface area contributed by atoms with E-state index in [1.54, 1.807) is 19.1 Å². The average molecular weight is 362 g/mol. The molecule has 2 aromatic carbocycles. The lowest BCUT2D eigenvalue weighted by atomic mass is 10.2. The highest BCUT2D eigenvalue weighted by Gasteiger charge is 2.16. The van der Waals surface area contributed by atoms with Crippen molar-refractivity contribution in [2.45, 2.75) is 25.7 Å². The standard InChI is InChI=1S/C18H22N2O4S/c1-4-19-25(22,23)15-8-6-7-14(12-15)18(21)20-16-10-9-13(3)11-17(16)24-5-2/h6-12,19H,4-5H2,1-3H3,(H,20,21). The molecular formula is C18H22N2O4S. The van der Waals surface area contributed by atoms with Crippen LogP contribution in [0.5, 0.6) is 5.75 Å². The molecule has 25 heavy (non-hydrogen) atoms. The molecule has 0 radical (unpaired) electrons. The number of nitrogens with one attached hydrogen (secondary N) is 2. The summed E-state index contributed by atoms with van der Waals surface area (Å²) in [6.45, 7) is 6.25. The molecule has 0 aliphatic heterocycles. The van der Waals surface area contributed by atoms with Crippen molar-refractivity contribution in [3.05, 3.63) is 53.6 Å². The van der Waals surface area contributed by atoms with Gasteiger partial charge in [-0.05, 0) is 49.7 Å². The number of carbonyl (C=O) groups excluding carboxylic acids is 1.